The molecule has 5 aromatic rings. The molecule has 4 aromatic carbocycles. The molecule has 5 rings (SSSR count). The highest BCUT2D eigenvalue weighted by molar-refractivity contribution is 6.14. The SMILES string of the molecule is NC(=O)n1c2cc(-c3cc(C(F)(F)F)cc(C(F)(F)F)c3)ccc2c2ccc(-c3cc(C(F)(F)F)cc(C(F)(F)F)c3)cc21. The Balaban J connectivity index is 1.75. The summed E-state index contributed by atoms with van der Waals surface area (Å²) in [6.45, 7) is 0. The molecule has 0 spiro atoms. The van der Waals surface area contributed by atoms with E-state index in [9.17, 15) is 57.5 Å². The molecule has 15 heteroatoms. The van der Waals surface area contributed by atoms with Crippen molar-refractivity contribution in [1.29, 1.82) is 0 Å². The number of rotatable bonds is 2. The lowest BCUT2D eigenvalue weighted by Crippen LogP contribution is -2.19. The molecule has 0 aliphatic heterocycles. The summed E-state index contributed by atoms with van der Waals surface area (Å²) in [7, 11) is 0. The van der Waals surface area contributed by atoms with Crippen LogP contribution in [0, 0.1) is 0 Å². The van der Waals surface area contributed by atoms with E-state index in [2.05, 4.69) is 0 Å². The molecule has 0 bridgehead atoms. The average molecular weight is 634 g/mol. The van der Waals surface area contributed by atoms with Gasteiger partial charge in [-0.3, -0.25) is 4.57 Å². The number of carbonyl (C=O) groups excluding carboxylic acids is 1. The summed E-state index contributed by atoms with van der Waals surface area (Å²) in [5.41, 5.74) is -2.33. The number of carbonyl (C=O) groups is 1. The molecule has 0 saturated heterocycles. The number of aromatic nitrogens is 1. The summed E-state index contributed by atoms with van der Waals surface area (Å²) in [5, 5.41) is 0.439. The monoisotopic (exact) mass is 634 g/mol. The molecule has 0 radical (unpaired) electrons. The number of fused-ring (bicyclic) bond motifs is 3. The predicted octanol–water partition coefficient (Wildman–Crippen LogP) is 10.1. The number of benzene rings is 4. The number of nitrogens with zero attached hydrogens (tertiary/aromatic N) is 1. The molecule has 1 aromatic heterocycles. The zero-order chi connectivity index (χ0) is 32.6. The Kier molecular flexibility index (Phi) is 6.94. The minimum atomic E-state index is -5.13. The van der Waals surface area contributed by atoms with Crippen LogP contribution in [0.25, 0.3) is 44.1 Å². The van der Waals surface area contributed by atoms with Gasteiger partial charge in [-0.15, -0.1) is 0 Å². The molecule has 0 aliphatic rings. The van der Waals surface area contributed by atoms with E-state index in [0.29, 0.717) is 24.3 Å². The molecular formula is C29H14F12N2O. The van der Waals surface area contributed by atoms with Crippen LogP contribution >= 0.6 is 0 Å². The van der Waals surface area contributed by atoms with Crippen LogP contribution < -0.4 is 5.73 Å². The van der Waals surface area contributed by atoms with E-state index in [1.54, 1.807) is 0 Å². The summed E-state index contributed by atoms with van der Waals surface area (Å²) in [4.78, 5) is 12.5. The van der Waals surface area contributed by atoms with Gasteiger partial charge in [-0.1, -0.05) is 24.3 Å². The van der Waals surface area contributed by atoms with Gasteiger partial charge >= 0.3 is 30.7 Å². The molecule has 1 heterocycles. The van der Waals surface area contributed by atoms with Crippen LogP contribution in [0.1, 0.15) is 22.3 Å². The van der Waals surface area contributed by atoms with Crippen LogP contribution in [0.4, 0.5) is 57.5 Å². The Morgan fingerprint density at radius 1 is 0.455 bits per heavy atom. The van der Waals surface area contributed by atoms with Crippen molar-refractivity contribution in [2.24, 2.45) is 5.73 Å². The summed E-state index contributed by atoms with van der Waals surface area (Å²) >= 11 is 0. The van der Waals surface area contributed by atoms with Crippen LogP contribution in [-0.2, 0) is 24.7 Å². The van der Waals surface area contributed by atoms with E-state index in [0.717, 1.165) is 16.7 Å². The van der Waals surface area contributed by atoms with Crippen molar-refractivity contribution in [3.8, 4) is 22.3 Å². The van der Waals surface area contributed by atoms with Gasteiger partial charge in [0.25, 0.3) is 0 Å². The molecule has 3 nitrogen and oxygen atoms in total. The molecule has 230 valence electrons. The van der Waals surface area contributed by atoms with Gasteiger partial charge in [-0.25, -0.2) is 4.79 Å². The number of primary amides is 1. The first-order chi connectivity index (χ1) is 20.1. The largest absolute Gasteiger partial charge is 0.416 e. The minimum Gasteiger partial charge on any atom is -0.351 e. The molecule has 1 amide bonds. The predicted molar refractivity (Wildman–Crippen MR) is 135 cm³/mol. The molecule has 44 heavy (non-hydrogen) atoms. The minimum absolute atomic E-state index is 0.0536. The Labute approximate surface area is 238 Å². The Morgan fingerprint density at radius 2 is 0.750 bits per heavy atom. The molecule has 0 atom stereocenters. The van der Waals surface area contributed by atoms with Crippen molar-refractivity contribution in [2.45, 2.75) is 24.7 Å². The zero-order valence-electron chi connectivity index (χ0n) is 21.4. The lowest BCUT2D eigenvalue weighted by Gasteiger charge is -2.14. The smallest absolute Gasteiger partial charge is 0.351 e. The van der Waals surface area contributed by atoms with Gasteiger partial charge in [-0.2, -0.15) is 52.7 Å². The number of amides is 1. The number of hydrogen-bond donors (Lipinski definition) is 1. The third kappa shape index (κ3) is 5.65. The van der Waals surface area contributed by atoms with Crippen LogP contribution in [0.3, 0.4) is 0 Å². The topological polar surface area (TPSA) is 48.0 Å². The highest BCUT2D eigenvalue weighted by Gasteiger charge is 2.38. The molecule has 0 aliphatic carbocycles. The zero-order valence-corrected chi connectivity index (χ0v) is 21.4. The Hall–Kier alpha value is -4.69. The van der Waals surface area contributed by atoms with Crippen molar-refractivity contribution in [1.82, 2.24) is 4.57 Å². The number of alkyl halides is 12. The lowest BCUT2D eigenvalue weighted by atomic mass is 9.97. The highest BCUT2D eigenvalue weighted by Crippen LogP contribution is 2.42. The first-order valence-electron chi connectivity index (χ1n) is 12.1. The number of halogens is 12. The van der Waals surface area contributed by atoms with Gasteiger partial charge < -0.3 is 5.73 Å². The third-order valence-corrected chi connectivity index (χ3v) is 6.83. The van der Waals surface area contributed by atoms with Crippen LogP contribution in [-0.4, -0.2) is 10.6 Å². The van der Waals surface area contributed by atoms with Crippen molar-refractivity contribution in [3.05, 3.63) is 95.1 Å². The van der Waals surface area contributed by atoms with E-state index in [1.807, 2.05) is 0 Å². The average Bonchev–Trinajstić information content (AvgIpc) is 3.23. The number of hydrogen-bond acceptors (Lipinski definition) is 1. The van der Waals surface area contributed by atoms with Crippen molar-refractivity contribution in [2.75, 3.05) is 0 Å². The van der Waals surface area contributed by atoms with Gasteiger partial charge in [0.2, 0.25) is 0 Å². The molecular weight excluding hydrogens is 620 g/mol. The maximum absolute atomic E-state index is 13.4. The molecule has 0 fully saturated rings. The van der Waals surface area contributed by atoms with Gasteiger partial charge in [0.05, 0.1) is 33.3 Å². The highest BCUT2D eigenvalue weighted by atomic mass is 19.4. The van der Waals surface area contributed by atoms with Gasteiger partial charge in [0.15, 0.2) is 0 Å². The molecule has 2 N–H and O–H groups in total. The second-order valence-electron chi connectivity index (χ2n) is 9.73. The first kappa shape index (κ1) is 30.8. The summed E-state index contributed by atoms with van der Waals surface area (Å²) in [5.74, 6) is 0. The van der Waals surface area contributed by atoms with Gasteiger partial charge in [0.1, 0.15) is 0 Å². The second kappa shape index (κ2) is 9.92. The normalized spacial score (nSPS) is 13.2. The molecule has 0 unspecified atom stereocenters. The maximum Gasteiger partial charge on any atom is 0.416 e. The first-order valence-corrected chi connectivity index (χ1v) is 12.1. The van der Waals surface area contributed by atoms with Crippen molar-refractivity contribution < 1.29 is 57.5 Å². The van der Waals surface area contributed by atoms with E-state index in [1.165, 1.54) is 24.3 Å². The summed E-state index contributed by atoms with van der Waals surface area (Å²) in [6.07, 6.45) is -20.5. The third-order valence-electron chi connectivity index (χ3n) is 6.83. The fourth-order valence-electron chi connectivity index (χ4n) is 4.86. The van der Waals surface area contributed by atoms with E-state index < -0.39 is 64.1 Å². The van der Waals surface area contributed by atoms with E-state index >= 15 is 0 Å². The molecule has 0 saturated carbocycles. The fourth-order valence-corrected chi connectivity index (χ4v) is 4.86. The van der Waals surface area contributed by atoms with E-state index in [-0.39, 0.29) is 45.1 Å². The van der Waals surface area contributed by atoms with Crippen molar-refractivity contribution in [3.63, 3.8) is 0 Å². The van der Waals surface area contributed by atoms with Crippen molar-refractivity contribution >= 4 is 27.8 Å². The Morgan fingerprint density at radius 3 is 1.00 bits per heavy atom. The van der Waals surface area contributed by atoms with Gasteiger partial charge in [-0.05, 0) is 70.8 Å². The fraction of sp³-hybridized carbons (Fsp3) is 0.138. The Bertz CT molecular complexity index is 1750. The van der Waals surface area contributed by atoms with Crippen LogP contribution in [0.2, 0.25) is 0 Å². The summed E-state index contributed by atoms with van der Waals surface area (Å²) in [6, 6.07) is 7.78. The summed E-state index contributed by atoms with van der Waals surface area (Å²) < 4.78 is 162. The van der Waals surface area contributed by atoms with Gasteiger partial charge in [0, 0.05) is 10.8 Å². The van der Waals surface area contributed by atoms with E-state index in [4.69, 9.17) is 5.73 Å². The standard InChI is InChI=1S/C29H14F12N2O/c30-26(31,32)17-5-15(6-18(11-17)27(33,34)35)13-1-3-21-22-4-2-14(10-24(22)43(25(42)44)23(21)9-13)16-7-19(28(36,37)38)12-20(8-16)29(39,40)41/h1-12H,(H2,42,44). The second-order valence-corrected chi connectivity index (χ2v) is 9.73. The number of nitrogens with two attached hydrogens (primary N) is 1. The quantitative estimate of drug-likeness (QED) is 0.193. The lowest BCUT2D eigenvalue weighted by molar-refractivity contribution is -0.144. The van der Waals surface area contributed by atoms with Crippen LogP contribution in [0.15, 0.2) is 72.8 Å². The maximum atomic E-state index is 13.4. The van der Waals surface area contributed by atoms with Crippen LogP contribution in [0.5, 0.6) is 0 Å².